The molecule has 0 spiro atoms. The second kappa shape index (κ2) is 3.17. The maximum absolute atomic E-state index is 11.7. The van der Waals surface area contributed by atoms with Gasteiger partial charge < -0.3 is 4.40 Å². The summed E-state index contributed by atoms with van der Waals surface area (Å²) in [5, 5.41) is 0. The lowest BCUT2D eigenvalue weighted by atomic mass is 10.0. The van der Waals surface area contributed by atoms with Gasteiger partial charge in [0.2, 0.25) is 0 Å². The van der Waals surface area contributed by atoms with Crippen LogP contribution in [0.25, 0.3) is 5.65 Å². The summed E-state index contributed by atoms with van der Waals surface area (Å²) in [6, 6.07) is 3.90. The number of pyridine rings is 1. The molecule has 2 aromatic rings. The molecule has 0 radical (unpaired) electrons. The van der Waals surface area contributed by atoms with Gasteiger partial charge in [-0.15, -0.1) is 0 Å². The van der Waals surface area contributed by atoms with Crippen molar-refractivity contribution in [3.63, 3.8) is 0 Å². The van der Waals surface area contributed by atoms with Gasteiger partial charge in [0.15, 0.2) is 5.78 Å². The van der Waals surface area contributed by atoms with E-state index in [1.54, 1.807) is 0 Å². The van der Waals surface area contributed by atoms with E-state index in [9.17, 15) is 4.79 Å². The molecule has 1 aliphatic rings. The summed E-state index contributed by atoms with van der Waals surface area (Å²) in [4.78, 5) is 16.0. The molecule has 0 fully saturated rings. The van der Waals surface area contributed by atoms with Crippen LogP contribution in [0.5, 0.6) is 0 Å². The van der Waals surface area contributed by atoms with Crippen molar-refractivity contribution in [2.45, 2.75) is 19.3 Å². The first-order valence-corrected chi connectivity index (χ1v) is 5.75. The lowest BCUT2D eigenvalue weighted by molar-refractivity contribution is 0.0967. The van der Waals surface area contributed by atoms with E-state index in [4.69, 9.17) is 0 Å². The Balaban J connectivity index is 2.35. The Morgan fingerprint density at radius 3 is 3.13 bits per heavy atom. The van der Waals surface area contributed by atoms with Crippen LogP contribution in [0.1, 0.15) is 29.0 Å². The summed E-state index contributed by atoms with van der Waals surface area (Å²) in [7, 11) is 0. The summed E-state index contributed by atoms with van der Waals surface area (Å²) >= 11 is 3.40. The first kappa shape index (κ1) is 9.09. The number of carbonyl (C=O) groups excluding carboxylic acids is 1. The van der Waals surface area contributed by atoms with Crippen molar-refractivity contribution in [2.24, 2.45) is 0 Å². The van der Waals surface area contributed by atoms with Crippen molar-refractivity contribution in [3.05, 3.63) is 34.2 Å². The first-order chi connectivity index (χ1) is 7.25. The topological polar surface area (TPSA) is 34.4 Å². The molecule has 0 aliphatic heterocycles. The van der Waals surface area contributed by atoms with Crippen LogP contribution < -0.4 is 0 Å². The predicted octanol–water partition coefficient (Wildman–Crippen LogP) is 2.62. The summed E-state index contributed by atoms with van der Waals surface area (Å²) < 4.78 is 3.00. The summed E-state index contributed by atoms with van der Waals surface area (Å²) in [6.07, 6.45) is 4.49. The van der Waals surface area contributed by atoms with Crippen molar-refractivity contribution in [1.82, 2.24) is 9.38 Å². The highest BCUT2D eigenvalue weighted by Gasteiger charge is 2.22. The van der Waals surface area contributed by atoms with E-state index in [2.05, 4.69) is 20.9 Å². The molecule has 0 saturated carbocycles. The van der Waals surface area contributed by atoms with Gasteiger partial charge in [-0.05, 0) is 25.0 Å². The Bertz CT molecular complexity index is 559. The summed E-state index contributed by atoms with van der Waals surface area (Å²) in [5.41, 5.74) is 2.58. The van der Waals surface area contributed by atoms with E-state index in [1.165, 1.54) is 0 Å². The predicted molar refractivity (Wildman–Crippen MR) is 60.2 cm³/mol. The van der Waals surface area contributed by atoms with Gasteiger partial charge in [-0.2, -0.15) is 0 Å². The van der Waals surface area contributed by atoms with Crippen molar-refractivity contribution in [1.29, 1.82) is 0 Å². The zero-order chi connectivity index (χ0) is 10.4. The van der Waals surface area contributed by atoms with Gasteiger partial charge >= 0.3 is 0 Å². The maximum atomic E-state index is 11.7. The van der Waals surface area contributed by atoms with Gasteiger partial charge in [0.25, 0.3) is 0 Å². The third kappa shape index (κ3) is 1.32. The number of hydrogen-bond donors (Lipinski definition) is 0. The van der Waals surface area contributed by atoms with Crippen LogP contribution in [0, 0.1) is 0 Å². The molecule has 0 unspecified atom stereocenters. The van der Waals surface area contributed by atoms with Crippen LogP contribution in [0.15, 0.2) is 22.8 Å². The SMILES string of the molecule is O=C1CCCc2c1nc1cc(Br)ccn21. The van der Waals surface area contributed by atoms with Crippen LogP contribution in [0.2, 0.25) is 0 Å². The number of Topliss-reactive ketones (excluding diaryl/α,β-unsaturated/α-hetero) is 1. The number of aromatic nitrogens is 2. The van der Waals surface area contributed by atoms with E-state index < -0.39 is 0 Å². The molecule has 0 atom stereocenters. The largest absolute Gasteiger partial charge is 0.303 e. The third-order valence-corrected chi connectivity index (χ3v) is 3.26. The molecular formula is C11H9BrN2O. The van der Waals surface area contributed by atoms with Crippen molar-refractivity contribution >= 4 is 27.4 Å². The molecule has 2 heterocycles. The zero-order valence-electron chi connectivity index (χ0n) is 8.03. The van der Waals surface area contributed by atoms with E-state index in [0.717, 1.165) is 28.7 Å². The second-order valence-corrected chi connectivity index (χ2v) is 4.67. The standard InChI is InChI=1S/C11H9BrN2O/c12-7-4-5-14-8-2-1-3-9(15)11(8)13-10(14)6-7/h4-6H,1-3H2. The number of carbonyl (C=O) groups is 1. The summed E-state index contributed by atoms with van der Waals surface area (Å²) in [5.74, 6) is 0.177. The number of aryl methyl sites for hydroxylation is 1. The van der Waals surface area contributed by atoms with E-state index >= 15 is 0 Å². The Kier molecular flexibility index (Phi) is 1.92. The molecule has 0 amide bonds. The van der Waals surface area contributed by atoms with Crippen molar-refractivity contribution in [2.75, 3.05) is 0 Å². The van der Waals surface area contributed by atoms with Gasteiger partial charge in [0, 0.05) is 17.1 Å². The highest BCUT2D eigenvalue weighted by Crippen LogP contribution is 2.23. The van der Waals surface area contributed by atoms with Crippen molar-refractivity contribution < 1.29 is 4.79 Å². The number of halogens is 1. The molecule has 4 heteroatoms. The van der Waals surface area contributed by atoms with Gasteiger partial charge in [0.1, 0.15) is 11.3 Å². The number of imidazole rings is 1. The van der Waals surface area contributed by atoms with E-state index in [-0.39, 0.29) is 5.78 Å². The minimum absolute atomic E-state index is 0.177. The minimum Gasteiger partial charge on any atom is -0.303 e. The Morgan fingerprint density at radius 2 is 2.27 bits per heavy atom. The molecule has 1 aliphatic carbocycles. The Hall–Kier alpha value is -1.16. The highest BCUT2D eigenvalue weighted by atomic mass is 79.9. The minimum atomic E-state index is 0.177. The Labute approximate surface area is 95.3 Å². The average Bonchev–Trinajstić information content (AvgIpc) is 2.57. The maximum Gasteiger partial charge on any atom is 0.183 e. The summed E-state index contributed by atoms with van der Waals surface area (Å²) in [6.45, 7) is 0. The monoisotopic (exact) mass is 264 g/mol. The first-order valence-electron chi connectivity index (χ1n) is 4.95. The second-order valence-electron chi connectivity index (χ2n) is 3.76. The fraction of sp³-hybridized carbons (Fsp3) is 0.273. The zero-order valence-corrected chi connectivity index (χ0v) is 9.62. The van der Waals surface area contributed by atoms with Gasteiger partial charge in [-0.25, -0.2) is 4.98 Å². The van der Waals surface area contributed by atoms with Gasteiger partial charge in [-0.3, -0.25) is 4.79 Å². The molecule has 15 heavy (non-hydrogen) atoms. The Morgan fingerprint density at radius 1 is 1.40 bits per heavy atom. The normalized spacial score (nSPS) is 15.7. The highest BCUT2D eigenvalue weighted by molar-refractivity contribution is 9.10. The molecule has 76 valence electrons. The fourth-order valence-corrected chi connectivity index (χ4v) is 2.39. The number of nitrogens with zero attached hydrogens (tertiary/aromatic N) is 2. The van der Waals surface area contributed by atoms with Crippen LogP contribution in [-0.2, 0) is 6.42 Å². The molecule has 0 aromatic carbocycles. The molecule has 2 aromatic heterocycles. The van der Waals surface area contributed by atoms with Crippen molar-refractivity contribution in [3.8, 4) is 0 Å². The van der Waals surface area contributed by atoms with Crippen LogP contribution in [0.4, 0.5) is 0 Å². The lowest BCUT2D eigenvalue weighted by Crippen LogP contribution is -2.11. The van der Waals surface area contributed by atoms with Crippen LogP contribution in [0.3, 0.4) is 0 Å². The van der Waals surface area contributed by atoms with E-state index in [1.807, 2.05) is 22.7 Å². The number of rotatable bonds is 0. The molecular weight excluding hydrogens is 256 g/mol. The number of hydrogen-bond acceptors (Lipinski definition) is 2. The third-order valence-electron chi connectivity index (χ3n) is 2.77. The van der Waals surface area contributed by atoms with Gasteiger partial charge in [-0.1, -0.05) is 15.9 Å². The smallest absolute Gasteiger partial charge is 0.183 e. The van der Waals surface area contributed by atoms with Gasteiger partial charge in [0.05, 0.1) is 5.69 Å². The molecule has 3 nitrogen and oxygen atoms in total. The molecule has 0 bridgehead atoms. The van der Waals surface area contributed by atoms with E-state index in [0.29, 0.717) is 12.1 Å². The number of ketones is 1. The average molecular weight is 265 g/mol. The fourth-order valence-electron chi connectivity index (χ4n) is 2.07. The lowest BCUT2D eigenvalue weighted by Gasteiger charge is -2.08. The molecule has 0 N–H and O–H groups in total. The number of fused-ring (bicyclic) bond motifs is 3. The quantitative estimate of drug-likeness (QED) is 0.733. The molecule has 0 saturated heterocycles. The van der Waals surface area contributed by atoms with Crippen LogP contribution >= 0.6 is 15.9 Å². The van der Waals surface area contributed by atoms with Crippen LogP contribution in [-0.4, -0.2) is 15.2 Å². The molecule has 3 rings (SSSR count).